The second kappa shape index (κ2) is 3.80. The fourth-order valence-electron chi connectivity index (χ4n) is 3.80. The highest BCUT2D eigenvalue weighted by molar-refractivity contribution is 5.73. The summed E-state index contributed by atoms with van der Waals surface area (Å²) in [4.78, 5) is 11.6. The molecule has 4 rings (SSSR count). The first-order chi connectivity index (χ1) is 7.15. The molecule has 2 heterocycles. The maximum atomic E-state index is 11.6. The molecule has 2 unspecified atom stereocenters. The van der Waals surface area contributed by atoms with Crippen LogP contribution in [0.1, 0.15) is 52.9 Å². The van der Waals surface area contributed by atoms with Gasteiger partial charge in [0.25, 0.3) is 0 Å². The molecule has 2 aliphatic heterocycles. The average Bonchev–Trinajstić information content (AvgIpc) is 2.30. The molecule has 0 spiro atoms. The predicted octanol–water partition coefficient (Wildman–Crippen LogP) is 3.15. The van der Waals surface area contributed by atoms with Crippen molar-refractivity contribution >= 4 is 5.97 Å². The summed E-state index contributed by atoms with van der Waals surface area (Å²) in [6.07, 6.45) is 5.79. The highest BCUT2D eigenvalue weighted by atomic mass is 16.6. The van der Waals surface area contributed by atoms with Crippen LogP contribution in [0.5, 0.6) is 0 Å². The average molecular weight is 210 g/mol. The van der Waals surface area contributed by atoms with Gasteiger partial charge in [0, 0.05) is 0 Å². The third-order valence-electron chi connectivity index (χ3n) is 4.02. The summed E-state index contributed by atoms with van der Waals surface area (Å²) in [7, 11) is 0. The molecule has 2 aliphatic carbocycles. The maximum absolute atomic E-state index is 11.6. The standard InChI is InChI=1S/C11H16O2.C2H6/c1-11-5-7-2-8(6-11)4-9(3-7)10(12)13-11;1-2/h7-9H,2-6H2,1H3;1-2H3. The number of fused-ring (bicyclic) bond motifs is 1. The number of ether oxygens (including phenoxy) is 1. The minimum Gasteiger partial charge on any atom is -0.459 e. The first-order valence-electron chi connectivity index (χ1n) is 6.37. The smallest absolute Gasteiger partial charge is 0.309 e. The first kappa shape index (κ1) is 11.0. The Hall–Kier alpha value is -0.530. The van der Waals surface area contributed by atoms with Crippen LogP contribution in [0, 0.1) is 17.8 Å². The van der Waals surface area contributed by atoms with Crippen LogP contribution in [0.25, 0.3) is 0 Å². The molecule has 2 heteroatoms. The lowest BCUT2D eigenvalue weighted by atomic mass is 9.65. The second-order valence-corrected chi connectivity index (χ2v) is 5.42. The molecule has 2 atom stereocenters. The summed E-state index contributed by atoms with van der Waals surface area (Å²) in [6.45, 7) is 6.12. The molecule has 0 radical (unpaired) electrons. The molecule has 2 nitrogen and oxygen atoms in total. The molecule has 15 heavy (non-hydrogen) atoms. The van der Waals surface area contributed by atoms with E-state index >= 15 is 0 Å². The molecule has 2 saturated carbocycles. The van der Waals surface area contributed by atoms with E-state index in [0.29, 0.717) is 0 Å². The lowest BCUT2D eigenvalue weighted by Gasteiger charge is -2.41. The Balaban J connectivity index is 0.000000404. The van der Waals surface area contributed by atoms with E-state index < -0.39 is 0 Å². The summed E-state index contributed by atoms with van der Waals surface area (Å²) in [5, 5.41) is 0. The van der Waals surface area contributed by atoms with E-state index in [1.165, 1.54) is 6.42 Å². The Morgan fingerprint density at radius 1 is 1.13 bits per heavy atom. The van der Waals surface area contributed by atoms with E-state index in [2.05, 4.69) is 6.92 Å². The van der Waals surface area contributed by atoms with Crippen molar-refractivity contribution in [3.63, 3.8) is 0 Å². The van der Waals surface area contributed by atoms with Crippen LogP contribution < -0.4 is 0 Å². The Kier molecular flexibility index (Phi) is 2.78. The minimum absolute atomic E-state index is 0.0900. The number of rotatable bonds is 0. The van der Waals surface area contributed by atoms with Gasteiger partial charge in [0.1, 0.15) is 5.60 Å². The highest BCUT2D eigenvalue weighted by Gasteiger charge is 2.49. The molecule has 0 N–H and O–H groups in total. The van der Waals surface area contributed by atoms with Gasteiger partial charge in [-0.3, -0.25) is 4.79 Å². The molecule has 2 saturated heterocycles. The highest BCUT2D eigenvalue weighted by Crippen LogP contribution is 2.51. The van der Waals surface area contributed by atoms with Gasteiger partial charge in [0.2, 0.25) is 0 Å². The van der Waals surface area contributed by atoms with Crippen LogP contribution in [0.4, 0.5) is 0 Å². The van der Waals surface area contributed by atoms with E-state index in [1.807, 2.05) is 13.8 Å². The topological polar surface area (TPSA) is 26.3 Å². The van der Waals surface area contributed by atoms with Crippen LogP contribution >= 0.6 is 0 Å². The van der Waals surface area contributed by atoms with Gasteiger partial charge in [-0.15, -0.1) is 0 Å². The zero-order valence-electron chi connectivity index (χ0n) is 10.1. The molecule has 0 aromatic rings. The maximum Gasteiger partial charge on any atom is 0.309 e. The van der Waals surface area contributed by atoms with Crippen molar-refractivity contribution in [3.8, 4) is 0 Å². The van der Waals surface area contributed by atoms with Crippen LogP contribution in [0.15, 0.2) is 0 Å². The van der Waals surface area contributed by atoms with Crippen molar-refractivity contribution in [2.24, 2.45) is 17.8 Å². The Labute approximate surface area is 92.4 Å². The van der Waals surface area contributed by atoms with Crippen LogP contribution in [-0.4, -0.2) is 11.6 Å². The summed E-state index contributed by atoms with van der Waals surface area (Å²) < 4.78 is 5.58. The molecule has 4 bridgehead atoms. The van der Waals surface area contributed by atoms with Crippen molar-refractivity contribution in [3.05, 3.63) is 0 Å². The van der Waals surface area contributed by atoms with Crippen LogP contribution in [0.2, 0.25) is 0 Å². The second-order valence-electron chi connectivity index (χ2n) is 5.42. The zero-order valence-corrected chi connectivity index (χ0v) is 10.1. The van der Waals surface area contributed by atoms with E-state index in [0.717, 1.165) is 37.5 Å². The van der Waals surface area contributed by atoms with Crippen molar-refractivity contribution in [1.82, 2.24) is 0 Å². The number of carbonyl (C=O) groups excluding carboxylic acids is 1. The number of esters is 1. The van der Waals surface area contributed by atoms with Gasteiger partial charge in [0.15, 0.2) is 0 Å². The zero-order chi connectivity index (χ0) is 11.1. The summed E-state index contributed by atoms with van der Waals surface area (Å²) in [6, 6.07) is 0. The quantitative estimate of drug-likeness (QED) is 0.574. The van der Waals surface area contributed by atoms with Gasteiger partial charge in [-0.25, -0.2) is 0 Å². The van der Waals surface area contributed by atoms with Gasteiger partial charge in [-0.05, 0) is 50.9 Å². The molecule has 0 aromatic heterocycles. The lowest BCUT2D eigenvalue weighted by molar-refractivity contribution is -0.160. The Bertz CT molecular complexity index is 245. The largest absolute Gasteiger partial charge is 0.459 e. The van der Waals surface area contributed by atoms with Crippen molar-refractivity contribution in [2.45, 2.75) is 58.5 Å². The Morgan fingerprint density at radius 2 is 1.67 bits per heavy atom. The lowest BCUT2D eigenvalue weighted by Crippen LogP contribution is -2.38. The molecule has 86 valence electrons. The summed E-state index contributed by atoms with van der Waals surface area (Å²) in [5.74, 6) is 1.88. The van der Waals surface area contributed by atoms with Crippen molar-refractivity contribution < 1.29 is 9.53 Å². The first-order valence-corrected chi connectivity index (χ1v) is 6.37. The normalized spacial score (nSPS) is 46.6. The monoisotopic (exact) mass is 210 g/mol. The van der Waals surface area contributed by atoms with E-state index in [-0.39, 0.29) is 17.5 Å². The number of carbonyl (C=O) groups is 1. The van der Waals surface area contributed by atoms with Crippen LogP contribution in [0.3, 0.4) is 0 Å². The molecule has 4 fully saturated rings. The van der Waals surface area contributed by atoms with E-state index in [9.17, 15) is 4.79 Å². The van der Waals surface area contributed by atoms with Gasteiger partial charge < -0.3 is 4.74 Å². The van der Waals surface area contributed by atoms with Gasteiger partial charge in [0.05, 0.1) is 5.92 Å². The summed E-state index contributed by atoms with van der Waals surface area (Å²) >= 11 is 0. The third-order valence-corrected chi connectivity index (χ3v) is 4.02. The van der Waals surface area contributed by atoms with Gasteiger partial charge >= 0.3 is 5.97 Å². The van der Waals surface area contributed by atoms with Crippen LogP contribution in [-0.2, 0) is 9.53 Å². The van der Waals surface area contributed by atoms with Crippen molar-refractivity contribution in [1.29, 1.82) is 0 Å². The number of hydrogen-bond acceptors (Lipinski definition) is 2. The van der Waals surface area contributed by atoms with Gasteiger partial charge in [-0.2, -0.15) is 0 Å². The molecule has 0 aromatic carbocycles. The third kappa shape index (κ3) is 1.91. The predicted molar refractivity (Wildman–Crippen MR) is 59.4 cm³/mol. The molecular weight excluding hydrogens is 188 g/mol. The molecule has 0 amide bonds. The van der Waals surface area contributed by atoms with Gasteiger partial charge in [-0.1, -0.05) is 13.8 Å². The minimum atomic E-state index is -0.101. The SMILES string of the molecule is CC.CC12CC3CC(CC(C3)C(=O)O1)C2. The van der Waals surface area contributed by atoms with E-state index in [1.54, 1.807) is 0 Å². The molecular formula is C13H22O2. The molecule has 4 aliphatic rings. The fraction of sp³-hybridized carbons (Fsp3) is 0.923. The van der Waals surface area contributed by atoms with E-state index in [4.69, 9.17) is 4.74 Å². The van der Waals surface area contributed by atoms with Crippen molar-refractivity contribution in [2.75, 3.05) is 0 Å². The summed E-state index contributed by atoms with van der Waals surface area (Å²) in [5.41, 5.74) is -0.101. The number of hydrogen-bond donors (Lipinski definition) is 0. The fourth-order valence-corrected chi connectivity index (χ4v) is 3.80. The Morgan fingerprint density at radius 3 is 2.20 bits per heavy atom.